The van der Waals surface area contributed by atoms with Gasteiger partial charge in [-0.05, 0) is 31.0 Å². The molecule has 1 heterocycles. The summed E-state index contributed by atoms with van der Waals surface area (Å²) >= 11 is 0. The Morgan fingerprint density at radius 2 is 1.94 bits per heavy atom. The van der Waals surface area contributed by atoms with Crippen molar-refractivity contribution in [2.75, 3.05) is 4.90 Å². The van der Waals surface area contributed by atoms with Gasteiger partial charge in [-0.1, -0.05) is 37.8 Å². The Morgan fingerprint density at radius 3 is 2.35 bits per heavy atom. The number of carbonyl (C=O) groups excluding carboxylic acids is 1. The van der Waals surface area contributed by atoms with Crippen LogP contribution in [0.15, 0.2) is 43.1 Å². The fourth-order valence-electron chi connectivity index (χ4n) is 2.11. The molecule has 1 unspecified atom stereocenters. The second-order valence-electron chi connectivity index (χ2n) is 4.67. The van der Waals surface area contributed by atoms with Crippen LogP contribution in [0.4, 0.5) is 5.69 Å². The van der Waals surface area contributed by atoms with Gasteiger partial charge in [0, 0.05) is 17.3 Å². The SMILES string of the molecule is C=C(C)c1ccc(N2C(=C)CC(C)C2=O)cc1. The maximum atomic E-state index is 12.0. The molecule has 17 heavy (non-hydrogen) atoms. The minimum Gasteiger partial charge on any atom is -0.285 e. The molecule has 2 nitrogen and oxygen atoms in total. The molecule has 1 fully saturated rings. The third-order valence-corrected chi connectivity index (χ3v) is 3.12. The molecule has 0 bridgehead atoms. The van der Waals surface area contributed by atoms with Gasteiger partial charge in [-0.25, -0.2) is 0 Å². The first-order chi connectivity index (χ1) is 8.00. The molecule has 1 aromatic rings. The number of anilines is 1. The van der Waals surface area contributed by atoms with E-state index in [9.17, 15) is 4.79 Å². The number of rotatable bonds is 2. The monoisotopic (exact) mass is 227 g/mol. The molecule has 1 saturated heterocycles. The summed E-state index contributed by atoms with van der Waals surface area (Å²) in [4.78, 5) is 13.7. The summed E-state index contributed by atoms with van der Waals surface area (Å²) in [5, 5.41) is 0. The number of benzene rings is 1. The molecule has 2 rings (SSSR count). The number of hydrogen-bond acceptors (Lipinski definition) is 1. The number of hydrogen-bond donors (Lipinski definition) is 0. The number of carbonyl (C=O) groups is 1. The average molecular weight is 227 g/mol. The maximum Gasteiger partial charge on any atom is 0.234 e. The molecule has 1 atom stereocenters. The molecule has 0 radical (unpaired) electrons. The lowest BCUT2D eigenvalue weighted by Crippen LogP contribution is -2.24. The quantitative estimate of drug-likeness (QED) is 0.755. The van der Waals surface area contributed by atoms with Crippen LogP contribution in [0.5, 0.6) is 0 Å². The van der Waals surface area contributed by atoms with Crippen LogP contribution in [0, 0.1) is 5.92 Å². The standard InChI is InChI=1S/C15H17NO/c1-10(2)13-5-7-14(8-6-13)16-12(4)9-11(3)15(16)17/h5-8,11H,1,4,9H2,2-3H3. The van der Waals surface area contributed by atoms with Crippen LogP contribution in [0.3, 0.4) is 0 Å². The first kappa shape index (κ1) is 11.6. The van der Waals surface area contributed by atoms with Crippen LogP contribution in [0.2, 0.25) is 0 Å². The lowest BCUT2D eigenvalue weighted by molar-refractivity contribution is -0.119. The van der Waals surface area contributed by atoms with Crippen molar-refractivity contribution in [2.24, 2.45) is 5.92 Å². The number of amides is 1. The topological polar surface area (TPSA) is 20.3 Å². The Labute approximate surface area is 102 Å². The summed E-state index contributed by atoms with van der Waals surface area (Å²) in [5.74, 6) is 0.182. The Balaban J connectivity index is 2.32. The Hall–Kier alpha value is -1.83. The second kappa shape index (κ2) is 4.21. The molecule has 0 aromatic heterocycles. The van der Waals surface area contributed by atoms with Crippen molar-refractivity contribution in [3.63, 3.8) is 0 Å². The predicted octanol–water partition coefficient (Wildman–Crippen LogP) is 3.61. The van der Waals surface area contributed by atoms with Gasteiger partial charge in [0.05, 0.1) is 0 Å². The summed E-state index contributed by atoms with van der Waals surface area (Å²) in [6.45, 7) is 11.8. The average Bonchev–Trinajstić information content (AvgIpc) is 2.53. The third kappa shape index (κ3) is 2.03. The van der Waals surface area contributed by atoms with E-state index in [-0.39, 0.29) is 11.8 Å². The van der Waals surface area contributed by atoms with Gasteiger partial charge in [-0.2, -0.15) is 0 Å². The minimum absolute atomic E-state index is 0.0447. The Morgan fingerprint density at radius 1 is 1.35 bits per heavy atom. The molecular formula is C15H17NO. The van der Waals surface area contributed by atoms with Gasteiger partial charge in [0.1, 0.15) is 0 Å². The molecule has 2 heteroatoms. The van der Waals surface area contributed by atoms with Crippen molar-refractivity contribution < 1.29 is 4.79 Å². The number of nitrogens with zero attached hydrogens (tertiary/aromatic N) is 1. The van der Waals surface area contributed by atoms with E-state index < -0.39 is 0 Å². The van der Waals surface area contributed by atoms with E-state index in [0.29, 0.717) is 0 Å². The van der Waals surface area contributed by atoms with Gasteiger partial charge in [0.25, 0.3) is 0 Å². The van der Waals surface area contributed by atoms with Crippen molar-refractivity contribution in [1.82, 2.24) is 0 Å². The van der Waals surface area contributed by atoms with Gasteiger partial charge in [0.15, 0.2) is 0 Å². The highest BCUT2D eigenvalue weighted by Crippen LogP contribution is 2.32. The first-order valence-corrected chi connectivity index (χ1v) is 5.78. The van der Waals surface area contributed by atoms with Crippen molar-refractivity contribution in [3.8, 4) is 0 Å². The first-order valence-electron chi connectivity index (χ1n) is 5.78. The largest absolute Gasteiger partial charge is 0.285 e. The predicted molar refractivity (Wildman–Crippen MR) is 71.6 cm³/mol. The van der Waals surface area contributed by atoms with Crippen molar-refractivity contribution in [1.29, 1.82) is 0 Å². The van der Waals surface area contributed by atoms with Gasteiger partial charge >= 0.3 is 0 Å². The summed E-state index contributed by atoms with van der Waals surface area (Å²) in [7, 11) is 0. The van der Waals surface area contributed by atoms with Crippen molar-refractivity contribution in [2.45, 2.75) is 20.3 Å². The van der Waals surface area contributed by atoms with Crippen molar-refractivity contribution >= 4 is 17.2 Å². The smallest absolute Gasteiger partial charge is 0.234 e. The summed E-state index contributed by atoms with van der Waals surface area (Å²) < 4.78 is 0. The van der Waals surface area contributed by atoms with Gasteiger partial charge < -0.3 is 0 Å². The van der Waals surface area contributed by atoms with Crippen LogP contribution in [-0.4, -0.2) is 5.91 Å². The summed E-state index contributed by atoms with van der Waals surface area (Å²) in [6.07, 6.45) is 0.751. The zero-order valence-electron chi connectivity index (χ0n) is 10.4. The van der Waals surface area contributed by atoms with E-state index in [1.54, 1.807) is 4.90 Å². The second-order valence-corrected chi connectivity index (χ2v) is 4.67. The zero-order valence-corrected chi connectivity index (χ0v) is 10.4. The highest BCUT2D eigenvalue weighted by Gasteiger charge is 2.32. The van der Waals surface area contributed by atoms with Crippen molar-refractivity contribution in [3.05, 3.63) is 48.7 Å². The van der Waals surface area contributed by atoms with E-state index in [4.69, 9.17) is 0 Å². The van der Waals surface area contributed by atoms with E-state index >= 15 is 0 Å². The van der Waals surface area contributed by atoms with E-state index in [2.05, 4.69) is 13.2 Å². The molecule has 1 amide bonds. The van der Waals surface area contributed by atoms with Crippen LogP contribution >= 0.6 is 0 Å². The maximum absolute atomic E-state index is 12.0. The number of allylic oxidation sites excluding steroid dienone is 2. The van der Waals surface area contributed by atoms with E-state index in [1.807, 2.05) is 38.1 Å². The van der Waals surface area contributed by atoms with Crippen LogP contribution < -0.4 is 4.90 Å². The Kier molecular flexibility index (Phi) is 2.88. The molecular weight excluding hydrogens is 210 g/mol. The molecule has 1 aliphatic rings. The summed E-state index contributed by atoms with van der Waals surface area (Å²) in [6, 6.07) is 7.87. The molecule has 0 saturated carbocycles. The third-order valence-electron chi connectivity index (χ3n) is 3.12. The normalized spacial score (nSPS) is 19.9. The van der Waals surface area contributed by atoms with Gasteiger partial charge in [-0.15, -0.1) is 0 Å². The highest BCUT2D eigenvalue weighted by atomic mass is 16.2. The van der Waals surface area contributed by atoms with E-state index in [0.717, 1.165) is 28.9 Å². The fourth-order valence-corrected chi connectivity index (χ4v) is 2.11. The Bertz CT molecular complexity index is 484. The highest BCUT2D eigenvalue weighted by molar-refractivity contribution is 6.00. The van der Waals surface area contributed by atoms with Crippen LogP contribution in [0.25, 0.3) is 5.57 Å². The lowest BCUT2D eigenvalue weighted by atomic mass is 10.1. The van der Waals surface area contributed by atoms with Gasteiger partial charge in [-0.3, -0.25) is 9.69 Å². The lowest BCUT2D eigenvalue weighted by Gasteiger charge is -2.18. The molecule has 0 N–H and O–H groups in total. The molecule has 88 valence electrons. The molecule has 1 aromatic carbocycles. The zero-order chi connectivity index (χ0) is 12.6. The fraction of sp³-hybridized carbons (Fsp3) is 0.267. The minimum atomic E-state index is 0.0447. The van der Waals surface area contributed by atoms with Crippen LogP contribution in [0.1, 0.15) is 25.8 Å². The van der Waals surface area contributed by atoms with Crippen LogP contribution in [-0.2, 0) is 4.79 Å². The summed E-state index contributed by atoms with van der Waals surface area (Å²) in [5.41, 5.74) is 3.90. The molecule has 1 aliphatic heterocycles. The van der Waals surface area contributed by atoms with Gasteiger partial charge in [0.2, 0.25) is 5.91 Å². The molecule has 0 spiro atoms. The molecule has 0 aliphatic carbocycles. The van der Waals surface area contributed by atoms with E-state index in [1.165, 1.54) is 0 Å².